The Bertz CT molecular complexity index is 902. The van der Waals surface area contributed by atoms with Crippen LogP contribution in [0.3, 0.4) is 0 Å². The molecule has 2 aliphatic rings. The molecule has 0 bridgehead atoms. The molecule has 2 aliphatic heterocycles. The molecule has 8 heteroatoms. The third-order valence-electron chi connectivity index (χ3n) is 4.93. The van der Waals surface area contributed by atoms with Gasteiger partial charge in [-0.05, 0) is 35.6 Å². The molecule has 1 fully saturated rings. The van der Waals surface area contributed by atoms with E-state index in [2.05, 4.69) is 21.7 Å². The zero-order valence-corrected chi connectivity index (χ0v) is 16.0. The number of hydrogen-bond donors (Lipinski definition) is 1. The van der Waals surface area contributed by atoms with Crippen LogP contribution in [0.5, 0.6) is 0 Å². The maximum Gasteiger partial charge on any atom is 0.251 e. The summed E-state index contributed by atoms with van der Waals surface area (Å²) < 4.78 is 27.5. The molecule has 1 aromatic carbocycles. The molecular weight excluding hydrogens is 370 g/mol. The summed E-state index contributed by atoms with van der Waals surface area (Å²) in [6, 6.07) is 9.06. The highest BCUT2D eigenvalue weighted by Gasteiger charge is 2.30. The lowest BCUT2D eigenvalue weighted by atomic mass is 10.0. The predicted octanol–water partition coefficient (Wildman–Crippen LogP) is 1.54. The van der Waals surface area contributed by atoms with E-state index in [9.17, 15) is 13.2 Å². The maximum atomic E-state index is 13.0. The van der Waals surface area contributed by atoms with Crippen molar-refractivity contribution in [1.29, 1.82) is 0 Å². The molecule has 1 aromatic heterocycles. The largest absolute Gasteiger partial charge is 0.352 e. The van der Waals surface area contributed by atoms with Gasteiger partial charge in [0, 0.05) is 49.7 Å². The monoisotopic (exact) mass is 391 g/mol. The van der Waals surface area contributed by atoms with Crippen molar-refractivity contribution >= 4 is 27.3 Å². The Balaban J connectivity index is 1.47. The Morgan fingerprint density at radius 1 is 1.12 bits per heavy atom. The third-order valence-corrected chi connectivity index (χ3v) is 7.69. The second-order valence-electron chi connectivity index (χ2n) is 6.58. The summed E-state index contributed by atoms with van der Waals surface area (Å²) in [4.78, 5) is 15.8. The summed E-state index contributed by atoms with van der Waals surface area (Å²) in [5.41, 5.74) is 1.39. The van der Waals surface area contributed by atoms with Gasteiger partial charge in [-0.1, -0.05) is 12.1 Å². The van der Waals surface area contributed by atoms with Crippen molar-refractivity contribution in [1.82, 2.24) is 14.5 Å². The Morgan fingerprint density at radius 2 is 1.92 bits per heavy atom. The molecule has 0 spiro atoms. The summed E-state index contributed by atoms with van der Waals surface area (Å²) in [5, 5.41) is 4.83. The highest BCUT2D eigenvalue weighted by Crippen LogP contribution is 2.23. The molecule has 138 valence electrons. The van der Waals surface area contributed by atoms with Crippen LogP contribution in [0.1, 0.15) is 20.8 Å². The number of nitrogens with one attached hydrogen (secondary N) is 1. The van der Waals surface area contributed by atoms with Crippen molar-refractivity contribution in [3.8, 4) is 0 Å². The molecule has 3 heterocycles. The first-order valence-corrected chi connectivity index (χ1v) is 11.0. The molecule has 0 unspecified atom stereocenters. The van der Waals surface area contributed by atoms with Crippen LogP contribution in [0.4, 0.5) is 0 Å². The van der Waals surface area contributed by atoms with Gasteiger partial charge in [0.1, 0.15) is 0 Å². The van der Waals surface area contributed by atoms with Crippen molar-refractivity contribution < 1.29 is 13.2 Å². The van der Waals surface area contributed by atoms with Gasteiger partial charge >= 0.3 is 0 Å². The number of nitrogens with zero attached hydrogens (tertiary/aromatic N) is 2. The fourth-order valence-electron chi connectivity index (χ4n) is 3.45. The molecule has 0 saturated carbocycles. The molecule has 0 aliphatic carbocycles. The normalized spacial score (nSPS) is 19.2. The van der Waals surface area contributed by atoms with Crippen molar-refractivity contribution in [2.24, 2.45) is 0 Å². The number of fused-ring (bicyclic) bond motifs is 1. The Kier molecular flexibility index (Phi) is 4.83. The van der Waals surface area contributed by atoms with Crippen molar-refractivity contribution in [3.05, 3.63) is 51.7 Å². The molecule has 2 aromatic rings. The van der Waals surface area contributed by atoms with E-state index in [0.29, 0.717) is 38.3 Å². The zero-order valence-electron chi connectivity index (χ0n) is 14.3. The topological polar surface area (TPSA) is 69.7 Å². The number of carbonyl (C=O) groups is 1. The molecule has 0 radical (unpaired) electrons. The molecule has 26 heavy (non-hydrogen) atoms. The minimum absolute atomic E-state index is 0.191. The van der Waals surface area contributed by atoms with E-state index in [0.717, 1.165) is 18.5 Å². The fraction of sp³-hybridized carbons (Fsp3) is 0.389. The zero-order chi connectivity index (χ0) is 18.1. The lowest BCUT2D eigenvalue weighted by Crippen LogP contribution is -2.48. The Morgan fingerprint density at radius 3 is 2.65 bits per heavy atom. The summed E-state index contributed by atoms with van der Waals surface area (Å²) in [6.45, 7) is 3.83. The predicted molar refractivity (Wildman–Crippen MR) is 101 cm³/mol. The first-order valence-electron chi connectivity index (χ1n) is 8.70. The third kappa shape index (κ3) is 3.42. The number of rotatable bonds is 4. The maximum absolute atomic E-state index is 13.0. The quantitative estimate of drug-likeness (QED) is 0.858. The number of amides is 1. The molecular formula is C18H21N3O3S2. The summed E-state index contributed by atoms with van der Waals surface area (Å²) in [7, 11) is -3.58. The molecule has 4 rings (SSSR count). The van der Waals surface area contributed by atoms with Gasteiger partial charge in [0.05, 0.1) is 4.90 Å². The van der Waals surface area contributed by atoms with Crippen LogP contribution in [0.25, 0.3) is 0 Å². The first kappa shape index (κ1) is 17.7. The van der Waals surface area contributed by atoms with Gasteiger partial charge in [-0.2, -0.15) is 4.31 Å². The summed E-state index contributed by atoms with van der Waals surface area (Å²) in [6.07, 6.45) is 0.739. The lowest BCUT2D eigenvalue weighted by molar-refractivity contribution is 0.0945. The molecule has 1 N–H and O–H groups in total. The van der Waals surface area contributed by atoms with Crippen LogP contribution in [0.2, 0.25) is 0 Å². The van der Waals surface area contributed by atoms with Crippen LogP contribution in [0, 0.1) is 0 Å². The average Bonchev–Trinajstić information content (AvgIpc) is 3.15. The Hall–Kier alpha value is -1.74. The van der Waals surface area contributed by atoms with Gasteiger partial charge in [-0.15, -0.1) is 11.3 Å². The van der Waals surface area contributed by atoms with E-state index in [1.165, 1.54) is 15.2 Å². The van der Waals surface area contributed by atoms with Crippen molar-refractivity contribution in [2.45, 2.75) is 17.9 Å². The van der Waals surface area contributed by atoms with Gasteiger partial charge in [0.2, 0.25) is 10.0 Å². The minimum Gasteiger partial charge on any atom is -0.352 e. The van der Waals surface area contributed by atoms with Crippen molar-refractivity contribution in [3.63, 3.8) is 0 Å². The summed E-state index contributed by atoms with van der Waals surface area (Å²) in [5.74, 6) is -0.191. The number of carbonyl (C=O) groups excluding carboxylic acids is 1. The molecule has 1 saturated heterocycles. The van der Waals surface area contributed by atoms with Gasteiger partial charge in [-0.25, -0.2) is 8.42 Å². The number of sulfonamides is 1. The Labute approximate surface area is 157 Å². The number of hydrogen-bond acceptors (Lipinski definition) is 5. The van der Waals surface area contributed by atoms with E-state index < -0.39 is 10.0 Å². The number of thiophene rings is 1. The van der Waals surface area contributed by atoms with Gasteiger partial charge < -0.3 is 5.32 Å². The highest BCUT2D eigenvalue weighted by atomic mass is 32.2. The van der Waals surface area contributed by atoms with Crippen molar-refractivity contribution in [2.75, 3.05) is 32.7 Å². The van der Waals surface area contributed by atoms with Crippen LogP contribution in [-0.2, 0) is 23.0 Å². The van der Waals surface area contributed by atoms with E-state index >= 15 is 0 Å². The second kappa shape index (κ2) is 7.11. The van der Waals surface area contributed by atoms with E-state index in [1.807, 2.05) is 6.07 Å². The fourth-order valence-corrected chi connectivity index (χ4v) is 5.65. The van der Waals surface area contributed by atoms with E-state index in [1.54, 1.807) is 23.5 Å². The SMILES string of the molecule is O=C1NCCc2ccc(S(=O)(=O)N3CCN(Cc4cccs4)CC3)cc21. The van der Waals surface area contributed by atoms with Gasteiger partial charge in [0.15, 0.2) is 0 Å². The van der Waals surface area contributed by atoms with E-state index in [4.69, 9.17) is 0 Å². The van der Waals surface area contributed by atoms with Crippen LogP contribution < -0.4 is 5.32 Å². The standard InChI is InChI=1S/C18H21N3O3S2/c22-18-17-12-16(4-3-14(17)5-6-19-18)26(23,24)21-9-7-20(8-10-21)13-15-2-1-11-25-15/h1-4,11-12H,5-10,13H2,(H,19,22). The second-order valence-corrected chi connectivity index (χ2v) is 9.55. The molecule has 1 amide bonds. The van der Waals surface area contributed by atoms with E-state index in [-0.39, 0.29) is 10.8 Å². The van der Waals surface area contributed by atoms with Crippen LogP contribution in [-0.4, -0.2) is 56.3 Å². The number of piperazine rings is 1. The van der Waals surface area contributed by atoms with Crippen LogP contribution in [0.15, 0.2) is 40.6 Å². The first-order chi connectivity index (χ1) is 12.5. The minimum atomic E-state index is -3.58. The number of benzene rings is 1. The molecule has 6 nitrogen and oxygen atoms in total. The average molecular weight is 392 g/mol. The lowest BCUT2D eigenvalue weighted by Gasteiger charge is -2.33. The molecule has 0 atom stereocenters. The summed E-state index contributed by atoms with van der Waals surface area (Å²) >= 11 is 1.72. The smallest absolute Gasteiger partial charge is 0.251 e. The van der Waals surface area contributed by atoms with Gasteiger partial charge in [0.25, 0.3) is 5.91 Å². The highest BCUT2D eigenvalue weighted by molar-refractivity contribution is 7.89. The van der Waals surface area contributed by atoms with Crippen LogP contribution >= 0.6 is 11.3 Å². The van der Waals surface area contributed by atoms with Gasteiger partial charge in [-0.3, -0.25) is 9.69 Å².